The van der Waals surface area contributed by atoms with Crippen LogP contribution in [0.2, 0.25) is 0 Å². The van der Waals surface area contributed by atoms with Crippen molar-refractivity contribution in [2.75, 3.05) is 24.6 Å². The molecule has 2 N–H and O–H groups in total. The van der Waals surface area contributed by atoms with Crippen molar-refractivity contribution in [3.8, 4) is 0 Å². The van der Waals surface area contributed by atoms with Gasteiger partial charge >= 0.3 is 5.97 Å². The number of likely N-dealkylation sites (N-methyl/N-ethyl adjacent to an activating group) is 1. The molecule has 2 atom stereocenters. The van der Waals surface area contributed by atoms with Gasteiger partial charge in [-0.25, -0.2) is 8.42 Å². The minimum absolute atomic E-state index is 0.0349. The number of hydrogen-bond donors (Lipinski definition) is 2. The molecule has 1 rings (SSSR count). The van der Waals surface area contributed by atoms with Crippen molar-refractivity contribution >= 4 is 21.7 Å². The number of carboxylic acids is 1. The Hall–Kier alpha value is -1.15. The molecule has 0 spiro atoms. The Bertz CT molecular complexity index is 448. The van der Waals surface area contributed by atoms with Crippen LogP contribution in [0.5, 0.6) is 0 Å². The molecule has 0 radical (unpaired) electrons. The van der Waals surface area contributed by atoms with Gasteiger partial charge in [0.2, 0.25) is 5.91 Å². The lowest BCUT2D eigenvalue weighted by Gasteiger charge is -2.38. The summed E-state index contributed by atoms with van der Waals surface area (Å²) in [5, 5.41) is 11.5. The second-order valence-electron chi connectivity index (χ2n) is 4.67. The second kappa shape index (κ2) is 6.33. The van der Waals surface area contributed by atoms with Gasteiger partial charge in [0.15, 0.2) is 9.84 Å². The van der Waals surface area contributed by atoms with Gasteiger partial charge in [-0.2, -0.15) is 0 Å². The van der Waals surface area contributed by atoms with E-state index in [9.17, 15) is 18.0 Å². The number of amides is 1. The summed E-state index contributed by atoms with van der Waals surface area (Å²) in [5.74, 6) is -1.51. The topological polar surface area (TPSA) is 104 Å². The highest BCUT2D eigenvalue weighted by molar-refractivity contribution is 7.91. The number of carbonyl (C=O) groups excluding carboxylic acids is 1. The smallest absolute Gasteiger partial charge is 0.304 e. The van der Waals surface area contributed by atoms with Gasteiger partial charge in [0.05, 0.1) is 24.0 Å². The lowest BCUT2D eigenvalue weighted by molar-refractivity contribution is -0.139. The number of nitrogens with one attached hydrogen (secondary N) is 1. The molecule has 19 heavy (non-hydrogen) atoms. The number of nitrogens with zero attached hydrogens (tertiary/aromatic N) is 1. The summed E-state index contributed by atoms with van der Waals surface area (Å²) >= 11 is 0. The standard InChI is InChI=1S/C11H20N2O5S/c1-3-12-11(16)8(2)13-4-5-19(17,18)7-9(13)6-10(14)15/h8-9H,3-7H2,1-2H3,(H,12,16)(H,14,15). The molecule has 0 aromatic rings. The van der Waals surface area contributed by atoms with E-state index in [0.717, 1.165) is 0 Å². The SMILES string of the molecule is CCNC(=O)C(C)N1CCS(=O)(=O)CC1CC(=O)O. The van der Waals surface area contributed by atoms with Crippen LogP contribution >= 0.6 is 0 Å². The van der Waals surface area contributed by atoms with E-state index in [4.69, 9.17) is 5.11 Å². The molecule has 1 fully saturated rings. The molecule has 2 unspecified atom stereocenters. The lowest BCUT2D eigenvalue weighted by atomic mass is 10.1. The Balaban J connectivity index is 2.84. The van der Waals surface area contributed by atoms with E-state index in [0.29, 0.717) is 6.54 Å². The third-order valence-electron chi connectivity index (χ3n) is 3.21. The van der Waals surface area contributed by atoms with Crippen LogP contribution in [0.3, 0.4) is 0 Å². The van der Waals surface area contributed by atoms with Crippen LogP contribution in [-0.4, -0.2) is 67.0 Å². The molecule has 110 valence electrons. The predicted octanol–water partition coefficient (Wildman–Crippen LogP) is -0.915. The second-order valence-corrected chi connectivity index (χ2v) is 6.90. The van der Waals surface area contributed by atoms with Crippen LogP contribution in [0.4, 0.5) is 0 Å². The molecule has 1 heterocycles. The van der Waals surface area contributed by atoms with E-state index in [1.54, 1.807) is 18.7 Å². The molecule has 8 heteroatoms. The lowest BCUT2D eigenvalue weighted by Crippen LogP contribution is -2.56. The monoisotopic (exact) mass is 292 g/mol. The van der Waals surface area contributed by atoms with Gasteiger partial charge in [0.1, 0.15) is 0 Å². The summed E-state index contributed by atoms with van der Waals surface area (Å²) < 4.78 is 23.2. The molecular weight excluding hydrogens is 272 g/mol. The molecule has 0 saturated carbocycles. The molecule has 0 aromatic heterocycles. The van der Waals surface area contributed by atoms with Gasteiger partial charge in [-0.1, -0.05) is 0 Å². The van der Waals surface area contributed by atoms with Crippen molar-refractivity contribution < 1.29 is 23.1 Å². The maximum Gasteiger partial charge on any atom is 0.304 e. The number of sulfone groups is 1. The number of carbonyl (C=O) groups is 2. The van der Waals surface area contributed by atoms with Crippen molar-refractivity contribution in [3.05, 3.63) is 0 Å². The van der Waals surface area contributed by atoms with E-state index in [1.807, 2.05) is 0 Å². The fraction of sp³-hybridized carbons (Fsp3) is 0.818. The molecule has 7 nitrogen and oxygen atoms in total. The minimum Gasteiger partial charge on any atom is -0.481 e. The molecule has 0 aromatic carbocycles. The first-order valence-corrected chi connectivity index (χ1v) is 8.04. The van der Waals surface area contributed by atoms with E-state index in [-0.39, 0.29) is 30.4 Å². The Morgan fingerprint density at radius 2 is 2.11 bits per heavy atom. The summed E-state index contributed by atoms with van der Waals surface area (Å²) in [6.45, 7) is 4.13. The number of aliphatic carboxylic acids is 1. The summed E-state index contributed by atoms with van der Waals surface area (Å²) in [7, 11) is -3.22. The van der Waals surface area contributed by atoms with Crippen molar-refractivity contribution in [1.82, 2.24) is 10.2 Å². The third-order valence-corrected chi connectivity index (χ3v) is 4.91. The summed E-state index contributed by atoms with van der Waals surface area (Å²) in [6, 6.07) is -1.17. The van der Waals surface area contributed by atoms with Gasteiger partial charge in [0, 0.05) is 19.1 Å². The molecule has 1 amide bonds. The van der Waals surface area contributed by atoms with Gasteiger partial charge < -0.3 is 10.4 Å². The Morgan fingerprint density at radius 1 is 1.47 bits per heavy atom. The Kier molecular flexibility index (Phi) is 5.30. The normalized spacial score (nSPS) is 24.6. The van der Waals surface area contributed by atoms with Gasteiger partial charge in [-0.05, 0) is 13.8 Å². The average Bonchev–Trinajstić information content (AvgIpc) is 2.26. The quantitative estimate of drug-likeness (QED) is 0.679. The average molecular weight is 292 g/mol. The highest BCUT2D eigenvalue weighted by Crippen LogP contribution is 2.18. The van der Waals surface area contributed by atoms with Crippen molar-refractivity contribution in [2.24, 2.45) is 0 Å². The first-order valence-electron chi connectivity index (χ1n) is 6.22. The first kappa shape index (κ1) is 15.9. The Morgan fingerprint density at radius 3 is 2.63 bits per heavy atom. The summed E-state index contributed by atoms with van der Waals surface area (Å²) in [4.78, 5) is 24.3. The highest BCUT2D eigenvalue weighted by Gasteiger charge is 2.36. The van der Waals surface area contributed by atoms with E-state index in [2.05, 4.69) is 5.32 Å². The zero-order valence-corrected chi connectivity index (χ0v) is 11.9. The molecule has 0 bridgehead atoms. The van der Waals surface area contributed by atoms with Gasteiger partial charge in [0.25, 0.3) is 0 Å². The minimum atomic E-state index is -3.22. The summed E-state index contributed by atoms with van der Waals surface area (Å²) in [5.41, 5.74) is 0. The van der Waals surface area contributed by atoms with E-state index < -0.39 is 27.9 Å². The van der Waals surface area contributed by atoms with Crippen molar-refractivity contribution in [2.45, 2.75) is 32.4 Å². The maximum absolute atomic E-state index is 11.8. The van der Waals surface area contributed by atoms with E-state index >= 15 is 0 Å². The van der Waals surface area contributed by atoms with Crippen LogP contribution in [0, 0.1) is 0 Å². The largest absolute Gasteiger partial charge is 0.481 e. The number of rotatable bonds is 5. The molecular formula is C11H20N2O5S. The van der Waals surface area contributed by atoms with Gasteiger partial charge in [-0.15, -0.1) is 0 Å². The molecule has 1 aliphatic rings. The maximum atomic E-state index is 11.8. The van der Waals surface area contributed by atoms with Crippen LogP contribution in [0.25, 0.3) is 0 Å². The van der Waals surface area contributed by atoms with Gasteiger partial charge in [-0.3, -0.25) is 14.5 Å². The highest BCUT2D eigenvalue weighted by atomic mass is 32.2. The molecule has 1 saturated heterocycles. The third kappa shape index (κ3) is 4.46. The van der Waals surface area contributed by atoms with E-state index in [1.165, 1.54) is 0 Å². The fourth-order valence-corrected chi connectivity index (χ4v) is 3.81. The van der Waals surface area contributed by atoms with Crippen LogP contribution in [0.15, 0.2) is 0 Å². The zero-order chi connectivity index (χ0) is 14.6. The molecule has 1 aliphatic heterocycles. The number of hydrogen-bond acceptors (Lipinski definition) is 5. The van der Waals surface area contributed by atoms with Crippen molar-refractivity contribution in [3.63, 3.8) is 0 Å². The fourth-order valence-electron chi connectivity index (χ4n) is 2.26. The van der Waals surface area contributed by atoms with Crippen LogP contribution < -0.4 is 5.32 Å². The summed E-state index contributed by atoms with van der Waals surface area (Å²) in [6.07, 6.45) is -0.275. The number of carboxylic acid groups (broad SMARTS) is 1. The van der Waals surface area contributed by atoms with Crippen molar-refractivity contribution in [1.29, 1.82) is 0 Å². The zero-order valence-electron chi connectivity index (χ0n) is 11.1. The first-order chi connectivity index (χ1) is 8.76. The van der Waals surface area contributed by atoms with Crippen LogP contribution in [0.1, 0.15) is 20.3 Å². The van der Waals surface area contributed by atoms with Crippen LogP contribution in [-0.2, 0) is 19.4 Å². The Labute approximate surface area is 112 Å². The predicted molar refractivity (Wildman–Crippen MR) is 69.5 cm³/mol. The molecule has 0 aliphatic carbocycles.